The van der Waals surface area contributed by atoms with Crippen LogP contribution < -0.4 is 4.90 Å². The highest BCUT2D eigenvalue weighted by molar-refractivity contribution is 7.21. The third-order valence-electron chi connectivity index (χ3n) is 2.13. The van der Waals surface area contributed by atoms with Crippen molar-refractivity contribution in [3.05, 3.63) is 23.0 Å². The normalized spacial score (nSPS) is 10.7. The Bertz CT molecular complexity index is 565. The Labute approximate surface area is 94.9 Å². The quantitative estimate of drug-likeness (QED) is 0.874. The summed E-state index contributed by atoms with van der Waals surface area (Å²) in [5, 5.41) is 9.58. The van der Waals surface area contributed by atoms with E-state index in [2.05, 4.69) is 4.98 Å². The third kappa shape index (κ3) is 1.61. The number of carboxylic acids is 1. The lowest BCUT2D eigenvalue weighted by Gasteiger charge is -2.12. The molecule has 2 heterocycles. The summed E-state index contributed by atoms with van der Waals surface area (Å²) in [4.78, 5) is 17.3. The number of nitrogens with zero attached hydrogens (tertiary/aromatic N) is 2. The highest BCUT2D eigenvalue weighted by Gasteiger charge is 2.20. The van der Waals surface area contributed by atoms with Gasteiger partial charge in [-0.3, -0.25) is 0 Å². The minimum absolute atomic E-state index is 0.179. The number of anilines is 1. The van der Waals surface area contributed by atoms with Gasteiger partial charge in [-0.25, -0.2) is 14.2 Å². The molecular formula is C10H9FN2O2S. The largest absolute Gasteiger partial charge is 0.477 e. The summed E-state index contributed by atoms with van der Waals surface area (Å²) in [5.74, 6) is -1.49. The molecule has 2 rings (SSSR count). The topological polar surface area (TPSA) is 53.4 Å². The molecule has 0 unspecified atom stereocenters. The fourth-order valence-corrected chi connectivity index (χ4v) is 2.57. The molecule has 0 aliphatic carbocycles. The fourth-order valence-electron chi connectivity index (χ4n) is 1.53. The van der Waals surface area contributed by atoms with E-state index in [1.54, 1.807) is 19.0 Å². The van der Waals surface area contributed by atoms with Gasteiger partial charge in [-0.2, -0.15) is 0 Å². The van der Waals surface area contributed by atoms with Crippen LogP contribution in [0.3, 0.4) is 0 Å². The van der Waals surface area contributed by atoms with E-state index in [1.165, 1.54) is 6.07 Å². The lowest BCUT2D eigenvalue weighted by molar-refractivity contribution is 0.0703. The number of hydrogen-bond acceptors (Lipinski definition) is 4. The van der Waals surface area contributed by atoms with Crippen molar-refractivity contribution in [2.24, 2.45) is 0 Å². The molecule has 1 N–H and O–H groups in total. The SMILES string of the molecule is CN(C)c1c(C(=O)O)sc2ncc(F)cc12. The summed E-state index contributed by atoms with van der Waals surface area (Å²) in [6.45, 7) is 0. The van der Waals surface area contributed by atoms with Crippen molar-refractivity contribution >= 4 is 33.2 Å². The van der Waals surface area contributed by atoms with Crippen molar-refractivity contribution in [3.63, 3.8) is 0 Å². The van der Waals surface area contributed by atoms with Gasteiger partial charge in [0.1, 0.15) is 15.5 Å². The van der Waals surface area contributed by atoms with E-state index in [-0.39, 0.29) is 4.88 Å². The van der Waals surface area contributed by atoms with Crippen molar-refractivity contribution in [2.75, 3.05) is 19.0 Å². The summed E-state index contributed by atoms with van der Waals surface area (Å²) in [5.41, 5.74) is 0.500. The van der Waals surface area contributed by atoms with E-state index >= 15 is 0 Å². The molecule has 6 heteroatoms. The fraction of sp³-hybridized carbons (Fsp3) is 0.200. The van der Waals surface area contributed by atoms with Crippen molar-refractivity contribution < 1.29 is 14.3 Å². The zero-order chi connectivity index (χ0) is 11.9. The molecule has 0 aliphatic rings. The van der Waals surface area contributed by atoms with Gasteiger partial charge < -0.3 is 10.0 Å². The highest BCUT2D eigenvalue weighted by Crippen LogP contribution is 2.36. The first-order chi connectivity index (χ1) is 7.50. The predicted molar refractivity (Wildman–Crippen MR) is 60.9 cm³/mol. The number of thiophene rings is 1. The molecule has 0 saturated carbocycles. The molecule has 16 heavy (non-hydrogen) atoms. The first-order valence-electron chi connectivity index (χ1n) is 4.49. The molecule has 0 radical (unpaired) electrons. The van der Waals surface area contributed by atoms with Gasteiger partial charge >= 0.3 is 5.97 Å². The Hall–Kier alpha value is -1.69. The smallest absolute Gasteiger partial charge is 0.348 e. The third-order valence-corrected chi connectivity index (χ3v) is 3.22. The van der Waals surface area contributed by atoms with Gasteiger partial charge in [-0.05, 0) is 6.07 Å². The zero-order valence-corrected chi connectivity index (χ0v) is 9.51. The summed E-state index contributed by atoms with van der Waals surface area (Å²) >= 11 is 1.05. The molecular weight excluding hydrogens is 231 g/mol. The molecule has 0 spiro atoms. The molecule has 2 aromatic heterocycles. The molecule has 4 nitrogen and oxygen atoms in total. The standard InChI is InChI=1S/C10H9FN2O2S/c1-13(2)7-6-3-5(11)4-12-9(6)16-8(7)10(14)15/h3-4H,1-2H3,(H,14,15). The maximum atomic E-state index is 13.1. The molecule has 0 fully saturated rings. The van der Waals surface area contributed by atoms with E-state index in [0.717, 1.165) is 17.5 Å². The zero-order valence-electron chi connectivity index (χ0n) is 8.69. The summed E-state index contributed by atoms with van der Waals surface area (Å²) < 4.78 is 13.1. The molecule has 0 aromatic carbocycles. The van der Waals surface area contributed by atoms with E-state index in [9.17, 15) is 9.18 Å². The molecule has 0 atom stereocenters. The van der Waals surface area contributed by atoms with Gasteiger partial charge in [0.2, 0.25) is 0 Å². The predicted octanol–water partition coefficient (Wildman–Crippen LogP) is 2.20. The average Bonchev–Trinajstić information content (AvgIpc) is 2.55. The molecule has 0 bridgehead atoms. The maximum Gasteiger partial charge on any atom is 0.348 e. The first kappa shape index (κ1) is 10.8. The number of aromatic nitrogens is 1. The lowest BCUT2D eigenvalue weighted by atomic mass is 10.2. The van der Waals surface area contributed by atoms with Gasteiger partial charge in [0.05, 0.1) is 11.9 Å². The van der Waals surface area contributed by atoms with Gasteiger partial charge in [0.15, 0.2) is 0 Å². The van der Waals surface area contributed by atoms with E-state index < -0.39 is 11.8 Å². The Morgan fingerprint density at radius 3 is 2.81 bits per heavy atom. The van der Waals surface area contributed by atoms with Crippen LogP contribution >= 0.6 is 11.3 Å². The highest BCUT2D eigenvalue weighted by atomic mass is 32.1. The van der Waals surface area contributed by atoms with Crippen LogP contribution in [0.15, 0.2) is 12.3 Å². The number of hydrogen-bond donors (Lipinski definition) is 1. The number of pyridine rings is 1. The summed E-state index contributed by atoms with van der Waals surface area (Å²) in [6, 6.07) is 1.31. The van der Waals surface area contributed by atoms with Crippen LogP contribution in [0.25, 0.3) is 10.2 Å². The van der Waals surface area contributed by atoms with E-state index in [0.29, 0.717) is 15.9 Å². The molecule has 0 aliphatic heterocycles. The number of carboxylic acid groups (broad SMARTS) is 1. The first-order valence-corrected chi connectivity index (χ1v) is 5.31. The van der Waals surface area contributed by atoms with Crippen molar-refractivity contribution in [1.29, 1.82) is 0 Å². The van der Waals surface area contributed by atoms with Crippen LogP contribution in [0.2, 0.25) is 0 Å². The van der Waals surface area contributed by atoms with Crippen LogP contribution in [0.5, 0.6) is 0 Å². The Kier molecular flexibility index (Phi) is 2.51. The Morgan fingerprint density at radius 1 is 1.56 bits per heavy atom. The molecule has 0 saturated heterocycles. The van der Waals surface area contributed by atoms with Gasteiger partial charge in [0.25, 0.3) is 0 Å². The summed E-state index contributed by atoms with van der Waals surface area (Å²) in [7, 11) is 3.44. The summed E-state index contributed by atoms with van der Waals surface area (Å²) in [6.07, 6.45) is 1.09. The van der Waals surface area contributed by atoms with Crippen LogP contribution in [0.4, 0.5) is 10.1 Å². The number of aromatic carboxylic acids is 1. The number of halogens is 1. The van der Waals surface area contributed by atoms with Crippen LogP contribution in [0.1, 0.15) is 9.67 Å². The number of fused-ring (bicyclic) bond motifs is 1. The second kappa shape index (κ2) is 3.71. The number of carbonyl (C=O) groups is 1. The molecule has 84 valence electrons. The second-order valence-corrected chi connectivity index (χ2v) is 4.48. The second-order valence-electron chi connectivity index (χ2n) is 3.49. The minimum Gasteiger partial charge on any atom is -0.477 e. The van der Waals surface area contributed by atoms with Crippen LogP contribution in [-0.2, 0) is 0 Å². The van der Waals surface area contributed by atoms with Crippen molar-refractivity contribution in [2.45, 2.75) is 0 Å². The minimum atomic E-state index is -1.02. The lowest BCUT2D eigenvalue weighted by Crippen LogP contribution is -2.11. The Morgan fingerprint density at radius 2 is 2.25 bits per heavy atom. The average molecular weight is 240 g/mol. The van der Waals surface area contributed by atoms with Gasteiger partial charge in [0, 0.05) is 19.5 Å². The maximum absolute atomic E-state index is 13.1. The number of rotatable bonds is 2. The Balaban J connectivity index is 2.82. The van der Waals surface area contributed by atoms with Gasteiger partial charge in [-0.1, -0.05) is 0 Å². The van der Waals surface area contributed by atoms with Crippen molar-refractivity contribution in [3.8, 4) is 0 Å². The van der Waals surface area contributed by atoms with E-state index in [1.807, 2.05) is 0 Å². The van der Waals surface area contributed by atoms with Gasteiger partial charge in [-0.15, -0.1) is 11.3 Å². The molecule has 0 amide bonds. The van der Waals surface area contributed by atoms with Crippen LogP contribution in [-0.4, -0.2) is 30.2 Å². The van der Waals surface area contributed by atoms with Crippen LogP contribution in [0, 0.1) is 5.82 Å². The van der Waals surface area contributed by atoms with E-state index in [4.69, 9.17) is 5.11 Å². The molecule has 2 aromatic rings. The van der Waals surface area contributed by atoms with Crippen molar-refractivity contribution in [1.82, 2.24) is 4.98 Å². The monoisotopic (exact) mass is 240 g/mol.